The molecule has 0 saturated heterocycles. The number of benzene rings is 1. The lowest BCUT2D eigenvalue weighted by Crippen LogP contribution is -1.93. The maximum atomic E-state index is 13.5. The van der Waals surface area contributed by atoms with E-state index in [9.17, 15) is 4.39 Å². The zero-order valence-corrected chi connectivity index (χ0v) is 8.94. The first-order chi connectivity index (χ1) is 7.20. The number of H-pyrrole nitrogens is 1. The van der Waals surface area contributed by atoms with Crippen LogP contribution < -0.4 is 0 Å². The summed E-state index contributed by atoms with van der Waals surface area (Å²) in [5.41, 5.74) is 1.99. The van der Waals surface area contributed by atoms with Gasteiger partial charge in [-0.1, -0.05) is 24.4 Å². The molecule has 1 aromatic carbocycles. The molecule has 0 atom stereocenters. The molecule has 15 heavy (non-hydrogen) atoms. The fraction of sp³-hybridized carbons (Fsp3) is 0.0909. The number of nitrogens with zero attached hydrogens (tertiary/aromatic N) is 1. The fourth-order valence-corrected chi connectivity index (χ4v) is 1.57. The van der Waals surface area contributed by atoms with Crippen LogP contribution in [0.2, 0.25) is 0 Å². The molecule has 1 heterocycles. The van der Waals surface area contributed by atoms with Crippen molar-refractivity contribution < 1.29 is 4.39 Å². The van der Waals surface area contributed by atoms with Crippen molar-refractivity contribution >= 4 is 12.2 Å². The molecule has 0 aliphatic carbocycles. The lowest BCUT2D eigenvalue weighted by molar-refractivity contribution is 0.630. The highest BCUT2D eigenvalue weighted by Gasteiger charge is 2.07. The lowest BCUT2D eigenvalue weighted by Gasteiger charge is -2.06. The number of halogens is 1. The highest BCUT2D eigenvalue weighted by Crippen LogP contribution is 2.23. The van der Waals surface area contributed by atoms with Crippen LogP contribution in [0.25, 0.3) is 11.3 Å². The molecule has 76 valence electrons. The number of hydrogen-bond acceptors (Lipinski definition) is 2. The van der Waals surface area contributed by atoms with E-state index in [0.29, 0.717) is 15.9 Å². The number of nitrogens with one attached hydrogen (secondary N) is 1. The van der Waals surface area contributed by atoms with E-state index < -0.39 is 0 Å². The van der Waals surface area contributed by atoms with Crippen LogP contribution in [0.1, 0.15) is 5.56 Å². The van der Waals surface area contributed by atoms with Crippen LogP contribution in [0.4, 0.5) is 4.39 Å². The minimum atomic E-state index is -0.266. The van der Waals surface area contributed by atoms with Crippen LogP contribution in [0.5, 0.6) is 0 Å². The Labute approximate surface area is 91.8 Å². The third-order valence-corrected chi connectivity index (χ3v) is 2.64. The molecule has 0 amide bonds. The maximum absolute atomic E-state index is 13.5. The first-order valence-corrected chi connectivity index (χ1v) is 4.90. The van der Waals surface area contributed by atoms with Crippen molar-refractivity contribution in [3.63, 3.8) is 0 Å². The summed E-state index contributed by atoms with van der Waals surface area (Å²) in [5, 5.41) is 0. The molecule has 0 bridgehead atoms. The standard InChI is InChI=1S/C11H9FN2S/c1-7-10(13-6-14-11(7)15)8-4-2-3-5-9(8)12/h2-6H,1H3,(H,13,14,15). The molecule has 1 aromatic heterocycles. The van der Waals surface area contributed by atoms with Crippen LogP contribution in [0, 0.1) is 17.4 Å². The normalized spacial score (nSPS) is 10.3. The van der Waals surface area contributed by atoms with Gasteiger partial charge in [-0.25, -0.2) is 9.37 Å². The molecule has 0 fully saturated rings. The van der Waals surface area contributed by atoms with Crippen LogP contribution in [-0.2, 0) is 0 Å². The third kappa shape index (κ3) is 1.80. The van der Waals surface area contributed by atoms with Crippen LogP contribution in [-0.4, -0.2) is 9.97 Å². The SMILES string of the molecule is Cc1c(-c2ccccc2F)[nH]cnc1=S. The first kappa shape index (κ1) is 9.98. The summed E-state index contributed by atoms with van der Waals surface area (Å²) in [5.74, 6) is -0.266. The van der Waals surface area contributed by atoms with Gasteiger partial charge in [0.2, 0.25) is 0 Å². The Morgan fingerprint density at radius 3 is 2.80 bits per heavy atom. The second kappa shape index (κ2) is 3.90. The molecular weight excluding hydrogens is 211 g/mol. The average Bonchev–Trinajstić information content (AvgIpc) is 2.23. The Balaban J connectivity index is 2.70. The van der Waals surface area contributed by atoms with Crippen molar-refractivity contribution in [2.75, 3.05) is 0 Å². The van der Waals surface area contributed by atoms with Gasteiger partial charge in [0, 0.05) is 11.1 Å². The van der Waals surface area contributed by atoms with Gasteiger partial charge in [0.15, 0.2) is 0 Å². The Morgan fingerprint density at radius 2 is 2.07 bits per heavy atom. The van der Waals surface area contributed by atoms with Crippen molar-refractivity contribution in [3.05, 3.63) is 46.6 Å². The minimum Gasteiger partial charge on any atom is -0.345 e. The molecule has 0 aliphatic rings. The highest BCUT2D eigenvalue weighted by atomic mass is 32.1. The second-order valence-electron chi connectivity index (χ2n) is 3.19. The molecule has 1 N–H and O–H groups in total. The van der Waals surface area contributed by atoms with E-state index in [-0.39, 0.29) is 5.82 Å². The predicted molar refractivity (Wildman–Crippen MR) is 59.6 cm³/mol. The van der Waals surface area contributed by atoms with Gasteiger partial charge in [0.1, 0.15) is 10.5 Å². The predicted octanol–water partition coefficient (Wildman–Crippen LogP) is 3.25. The van der Waals surface area contributed by atoms with Gasteiger partial charge in [0.05, 0.1) is 12.0 Å². The van der Waals surface area contributed by atoms with Gasteiger partial charge in [-0.15, -0.1) is 0 Å². The minimum absolute atomic E-state index is 0.266. The molecule has 2 aromatic rings. The Bertz CT molecular complexity index is 548. The maximum Gasteiger partial charge on any atom is 0.132 e. The van der Waals surface area contributed by atoms with E-state index in [1.807, 2.05) is 6.92 Å². The highest BCUT2D eigenvalue weighted by molar-refractivity contribution is 7.71. The largest absolute Gasteiger partial charge is 0.345 e. The number of aromatic nitrogens is 2. The van der Waals surface area contributed by atoms with Crippen molar-refractivity contribution in [3.8, 4) is 11.3 Å². The summed E-state index contributed by atoms with van der Waals surface area (Å²) >= 11 is 5.03. The molecule has 0 unspecified atom stereocenters. The first-order valence-electron chi connectivity index (χ1n) is 4.49. The summed E-state index contributed by atoms with van der Waals surface area (Å²) in [7, 11) is 0. The van der Waals surface area contributed by atoms with Gasteiger partial charge in [-0.05, 0) is 19.1 Å². The van der Waals surface area contributed by atoms with Crippen LogP contribution in [0.3, 0.4) is 0 Å². The monoisotopic (exact) mass is 220 g/mol. The van der Waals surface area contributed by atoms with E-state index in [4.69, 9.17) is 12.2 Å². The lowest BCUT2D eigenvalue weighted by atomic mass is 10.1. The third-order valence-electron chi connectivity index (χ3n) is 2.23. The quantitative estimate of drug-likeness (QED) is 0.747. The Hall–Kier alpha value is -1.55. The molecule has 0 radical (unpaired) electrons. The van der Waals surface area contributed by atoms with E-state index >= 15 is 0 Å². The Morgan fingerprint density at radius 1 is 1.33 bits per heavy atom. The van der Waals surface area contributed by atoms with E-state index in [1.165, 1.54) is 12.4 Å². The van der Waals surface area contributed by atoms with E-state index in [0.717, 1.165) is 5.56 Å². The Kier molecular flexibility index (Phi) is 2.60. The van der Waals surface area contributed by atoms with Gasteiger partial charge < -0.3 is 4.98 Å². The fourth-order valence-electron chi connectivity index (χ4n) is 1.41. The molecular formula is C11H9FN2S. The van der Waals surface area contributed by atoms with Gasteiger partial charge in [0.25, 0.3) is 0 Å². The summed E-state index contributed by atoms with van der Waals surface area (Å²) in [4.78, 5) is 6.85. The van der Waals surface area contributed by atoms with Crippen molar-refractivity contribution in [2.24, 2.45) is 0 Å². The molecule has 0 spiro atoms. The van der Waals surface area contributed by atoms with Crippen LogP contribution >= 0.6 is 12.2 Å². The molecule has 4 heteroatoms. The summed E-state index contributed by atoms with van der Waals surface area (Å²) in [6.07, 6.45) is 1.48. The second-order valence-corrected chi connectivity index (χ2v) is 3.57. The van der Waals surface area contributed by atoms with Gasteiger partial charge in [-0.3, -0.25) is 0 Å². The zero-order valence-electron chi connectivity index (χ0n) is 8.12. The zero-order chi connectivity index (χ0) is 10.8. The summed E-state index contributed by atoms with van der Waals surface area (Å²) in [6.45, 7) is 1.83. The number of rotatable bonds is 1. The molecule has 2 rings (SSSR count). The smallest absolute Gasteiger partial charge is 0.132 e. The summed E-state index contributed by atoms with van der Waals surface area (Å²) in [6, 6.07) is 6.58. The summed E-state index contributed by atoms with van der Waals surface area (Å²) < 4.78 is 14.0. The van der Waals surface area contributed by atoms with Crippen molar-refractivity contribution in [1.82, 2.24) is 9.97 Å². The topological polar surface area (TPSA) is 28.7 Å². The van der Waals surface area contributed by atoms with E-state index in [1.54, 1.807) is 18.2 Å². The van der Waals surface area contributed by atoms with E-state index in [2.05, 4.69) is 9.97 Å². The van der Waals surface area contributed by atoms with Crippen molar-refractivity contribution in [2.45, 2.75) is 6.92 Å². The molecule has 2 nitrogen and oxygen atoms in total. The molecule has 0 saturated carbocycles. The molecule has 0 aliphatic heterocycles. The van der Waals surface area contributed by atoms with Crippen molar-refractivity contribution in [1.29, 1.82) is 0 Å². The van der Waals surface area contributed by atoms with Crippen LogP contribution in [0.15, 0.2) is 30.6 Å². The number of hydrogen-bond donors (Lipinski definition) is 1. The average molecular weight is 220 g/mol. The van der Waals surface area contributed by atoms with Gasteiger partial charge in [-0.2, -0.15) is 0 Å². The van der Waals surface area contributed by atoms with Gasteiger partial charge >= 0.3 is 0 Å². The number of aromatic amines is 1.